The molecule has 0 fully saturated rings. The van der Waals surface area contributed by atoms with Crippen LogP contribution in [0.3, 0.4) is 0 Å². The van der Waals surface area contributed by atoms with Crippen molar-refractivity contribution in [2.45, 2.75) is 181 Å². The second-order valence-electron chi connectivity index (χ2n) is 13.7. The van der Waals surface area contributed by atoms with Crippen LogP contribution in [0.5, 0.6) is 0 Å². The Kier molecular flexibility index (Phi) is 29.7. The minimum absolute atomic E-state index is 0.0587. The fourth-order valence-electron chi connectivity index (χ4n) is 5.33. The Morgan fingerprint density at radius 1 is 0.600 bits per heavy atom. The minimum atomic E-state index is -1.40. The number of carboxylic acids is 1. The molecule has 0 spiro atoms. The maximum absolute atomic E-state index is 12.5. The van der Waals surface area contributed by atoms with E-state index in [1.165, 1.54) is 103 Å². The van der Waals surface area contributed by atoms with Crippen molar-refractivity contribution in [3.63, 3.8) is 0 Å². The van der Waals surface area contributed by atoms with Gasteiger partial charge in [-0.25, -0.2) is 14.6 Å². The van der Waals surface area contributed by atoms with Crippen LogP contribution in [0.4, 0.5) is 0 Å². The second-order valence-corrected chi connectivity index (χ2v) is 13.7. The Morgan fingerprint density at radius 3 is 1.44 bits per heavy atom. The van der Waals surface area contributed by atoms with Crippen LogP contribution >= 0.6 is 0 Å². The van der Waals surface area contributed by atoms with Crippen molar-refractivity contribution in [3.05, 3.63) is 0 Å². The summed E-state index contributed by atoms with van der Waals surface area (Å²) in [6.07, 6.45) is 25.1. The Morgan fingerprint density at radius 2 is 1.02 bits per heavy atom. The predicted molar refractivity (Wildman–Crippen MR) is 182 cm³/mol. The van der Waals surface area contributed by atoms with Crippen molar-refractivity contribution in [1.29, 1.82) is 0 Å². The number of hydrogen-bond donors (Lipinski definition) is 4. The molecule has 0 saturated carbocycles. The zero-order valence-electron chi connectivity index (χ0n) is 29.4. The highest BCUT2D eigenvalue weighted by atomic mass is 17.2. The van der Waals surface area contributed by atoms with Gasteiger partial charge in [0.2, 0.25) is 11.8 Å². The first kappa shape index (κ1) is 43.3. The first-order chi connectivity index (χ1) is 21.6. The van der Waals surface area contributed by atoms with Gasteiger partial charge in [0.05, 0.1) is 26.2 Å². The van der Waals surface area contributed by atoms with Crippen molar-refractivity contribution in [3.8, 4) is 0 Å². The average Bonchev–Trinajstić information content (AvgIpc) is 2.99. The lowest BCUT2D eigenvalue weighted by atomic mass is 10.0. The molecule has 0 aromatic rings. The largest absolute Gasteiger partial charge is 0.480 e. The fourth-order valence-corrected chi connectivity index (χ4v) is 5.33. The van der Waals surface area contributed by atoms with E-state index in [-0.39, 0.29) is 18.9 Å². The molecule has 2 amide bonds. The molecule has 9 heteroatoms. The number of nitrogens with one attached hydrogen (secondary N) is 2. The number of carboxylic acid groups (broad SMARTS) is 1. The van der Waals surface area contributed by atoms with Gasteiger partial charge in [0.1, 0.15) is 12.1 Å². The third-order valence-corrected chi connectivity index (χ3v) is 8.20. The van der Waals surface area contributed by atoms with E-state index in [1.807, 2.05) is 0 Å². The predicted octanol–water partition coefficient (Wildman–Crippen LogP) is 7.88. The SMILES string of the molecule is CC(C)CCCCCCCCCCCOO[C@H](CCCCCCCCCCCC(C)C)CC(=O)NCC(=O)N[C@@H](CO)C(=O)O. The maximum Gasteiger partial charge on any atom is 0.328 e. The molecule has 0 aliphatic carbocycles. The number of aliphatic carboxylic acids is 1. The summed E-state index contributed by atoms with van der Waals surface area (Å²) in [7, 11) is 0. The van der Waals surface area contributed by atoms with Crippen LogP contribution < -0.4 is 10.6 Å². The first-order valence-corrected chi connectivity index (χ1v) is 18.3. The summed E-state index contributed by atoms with van der Waals surface area (Å²) in [4.78, 5) is 46.6. The molecule has 4 N–H and O–H groups in total. The van der Waals surface area contributed by atoms with Gasteiger partial charge in [0, 0.05) is 0 Å². The molecular weight excluding hydrogens is 572 g/mol. The highest BCUT2D eigenvalue weighted by molar-refractivity contribution is 5.88. The zero-order chi connectivity index (χ0) is 33.5. The summed E-state index contributed by atoms with van der Waals surface area (Å²) < 4.78 is 0. The van der Waals surface area contributed by atoms with E-state index in [1.54, 1.807) is 0 Å². The van der Waals surface area contributed by atoms with Crippen LogP contribution in [0.2, 0.25) is 0 Å². The molecule has 0 aromatic carbocycles. The van der Waals surface area contributed by atoms with Gasteiger partial charge in [0.15, 0.2) is 0 Å². The number of rotatable bonds is 33. The number of carbonyl (C=O) groups excluding carboxylic acids is 2. The number of carbonyl (C=O) groups is 3. The van der Waals surface area contributed by atoms with E-state index < -0.39 is 30.6 Å². The van der Waals surface area contributed by atoms with Crippen LogP contribution in [-0.4, -0.2) is 59.9 Å². The quantitative estimate of drug-likeness (QED) is 0.0325. The Bertz CT molecular complexity index is 718. The van der Waals surface area contributed by atoms with Crippen LogP contribution in [0.25, 0.3) is 0 Å². The van der Waals surface area contributed by atoms with E-state index in [0.29, 0.717) is 13.0 Å². The molecule has 9 nitrogen and oxygen atoms in total. The van der Waals surface area contributed by atoms with Crippen LogP contribution in [-0.2, 0) is 24.2 Å². The fraction of sp³-hybridized carbons (Fsp3) is 0.917. The van der Waals surface area contributed by atoms with Crippen molar-refractivity contribution in [1.82, 2.24) is 10.6 Å². The van der Waals surface area contributed by atoms with Gasteiger partial charge in [0.25, 0.3) is 0 Å². The average molecular weight is 643 g/mol. The number of unbranched alkanes of at least 4 members (excludes halogenated alkanes) is 16. The van der Waals surface area contributed by atoms with Crippen LogP contribution in [0.15, 0.2) is 0 Å². The molecule has 2 atom stereocenters. The lowest BCUT2D eigenvalue weighted by molar-refractivity contribution is -0.325. The van der Waals surface area contributed by atoms with Crippen molar-refractivity contribution in [2.75, 3.05) is 19.8 Å². The van der Waals surface area contributed by atoms with Gasteiger partial charge >= 0.3 is 5.97 Å². The minimum Gasteiger partial charge on any atom is -0.480 e. The Hall–Kier alpha value is -1.71. The molecule has 0 aliphatic rings. The number of aliphatic hydroxyl groups is 1. The molecule has 0 unspecified atom stereocenters. The summed E-state index contributed by atoms with van der Waals surface area (Å²) in [6, 6.07) is -1.40. The number of hydrogen-bond acceptors (Lipinski definition) is 6. The Balaban J connectivity index is 4.27. The molecule has 0 radical (unpaired) electrons. The molecule has 266 valence electrons. The normalized spacial score (nSPS) is 12.9. The molecule has 0 aromatic heterocycles. The van der Waals surface area contributed by atoms with Crippen molar-refractivity contribution in [2.24, 2.45) is 11.8 Å². The lowest BCUT2D eigenvalue weighted by Gasteiger charge is -2.17. The Labute approximate surface area is 275 Å². The van der Waals surface area contributed by atoms with Gasteiger partial charge in [-0.3, -0.25) is 9.59 Å². The van der Waals surface area contributed by atoms with E-state index in [2.05, 4.69) is 38.3 Å². The first-order valence-electron chi connectivity index (χ1n) is 18.3. The molecular formula is C36H70N2O7. The summed E-state index contributed by atoms with van der Waals surface area (Å²) in [5.74, 6) is -0.771. The summed E-state index contributed by atoms with van der Waals surface area (Å²) in [6.45, 7) is 8.54. The topological polar surface area (TPSA) is 134 Å². The third-order valence-electron chi connectivity index (χ3n) is 8.20. The summed E-state index contributed by atoms with van der Waals surface area (Å²) >= 11 is 0. The van der Waals surface area contributed by atoms with Crippen LogP contribution in [0.1, 0.15) is 169 Å². The van der Waals surface area contributed by atoms with Crippen molar-refractivity contribution < 1.29 is 34.4 Å². The van der Waals surface area contributed by atoms with Crippen molar-refractivity contribution >= 4 is 17.8 Å². The highest BCUT2D eigenvalue weighted by Crippen LogP contribution is 2.17. The van der Waals surface area contributed by atoms with Gasteiger partial charge in [-0.15, -0.1) is 0 Å². The molecule has 0 bridgehead atoms. The van der Waals surface area contributed by atoms with E-state index in [4.69, 9.17) is 20.0 Å². The van der Waals surface area contributed by atoms with E-state index in [0.717, 1.165) is 37.5 Å². The monoisotopic (exact) mass is 643 g/mol. The molecule has 0 rings (SSSR count). The smallest absolute Gasteiger partial charge is 0.328 e. The van der Waals surface area contributed by atoms with Crippen LogP contribution in [0, 0.1) is 11.8 Å². The van der Waals surface area contributed by atoms with E-state index >= 15 is 0 Å². The second kappa shape index (κ2) is 30.9. The number of aliphatic hydroxyl groups excluding tert-OH is 1. The zero-order valence-corrected chi connectivity index (χ0v) is 29.4. The van der Waals surface area contributed by atoms with Gasteiger partial charge in [-0.2, -0.15) is 0 Å². The molecule has 0 heterocycles. The third kappa shape index (κ3) is 30.7. The number of amides is 2. The summed E-state index contributed by atoms with van der Waals surface area (Å²) in [5.41, 5.74) is 0. The van der Waals surface area contributed by atoms with E-state index in [9.17, 15) is 14.4 Å². The molecule has 45 heavy (non-hydrogen) atoms. The lowest BCUT2D eigenvalue weighted by Crippen LogP contribution is -2.47. The maximum atomic E-state index is 12.5. The summed E-state index contributed by atoms with van der Waals surface area (Å²) in [5, 5.41) is 22.7. The highest BCUT2D eigenvalue weighted by Gasteiger charge is 2.20. The van der Waals surface area contributed by atoms with Gasteiger partial charge < -0.3 is 20.8 Å². The molecule has 0 aliphatic heterocycles. The van der Waals surface area contributed by atoms with Gasteiger partial charge in [-0.1, -0.05) is 150 Å². The molecule has 0 saturated heterocycles. The standard InChI is InChI=1S/C36H70N2O7/c1-30(2)23-19-15-11-7-5-9-13-17-21-25-32(27-34(40)37-28-35(41)38-33(29-39)36(42)43)45-44-26-22-18-14-10-6-8-12-16-20-24-31(3)4/h30-33,39H,5-29H2,1-4H3,(H,37,40)(H,38,41)(H,42,43)/t32-,33+/m1/s1. The van der Waals surface area contributed by atoms with Gasteiger partial charge in [-0.05, 0) is 24.7 Å².